The first-order chi connectivity index (χ1) is 9.11. The average molecular weight is 468 g/mol. The van der Waals surface area contributed by atoms with Crippen molar-refractivity contribution >= 4 is 59.1 Å². The van der Waals surface area contributed by atoms with Gasteiger partial charge >= 0.3 is 0 Å². The van der Waals surface area contributed by atoms with Gasteiger partial charge in [0.2, 0.25) is 0 Å². The molecule has 0 aliphatic carbocycles. The van der Waals surface area contributed by atoms with E-state index in [0.29, 0.717) is 0 Å². The Morgan fingerprint density at radius 2 is 2.00 bits per heavy atom. The molecule has 102 valence electrons. The van der Waals surface area contributed by atoms with Crippen LogP contribution in [-0.4, -0.2) is 6.54 Å². The van der Waals surface area contributed by atoms with Gasteiger partial charge in [-0.2, -0.15) is 0 Å². The molecule has 1 unspecified atom stereocenters. The number of rotatable bonds is 5. The molecular formula is C14H14Br3NS. The fourth-order valence-electron chi connectivity index (χ4n) is 1.93. The molecular weight excluding hydrogens is 454 g/mol. The molecule has 1 N–H and O–H groups in total. The Balaban J connectivity index is 2.38. The van der Waals surface area contributed by atoms with Gasteiger partial charge in [-0.15, -0.1) is 11.3 Å². The summed E-state index contributed by atoms with van der Waals surface area (Å²) in [5, 5.41) is 3.62. The molecule has 1 nitrogen and oxygen atoms in total. The van der Waals surface area contributed by atoms with Crippen molar-refractivity contribution in [3.8, 4) is 0 Å². The minimum atomic E-state index is 0.217. The first-order valence-electron chi connectivity index (χ1n) is 6.05. The standard InChI is InChI=1S/C14H14Br3NS/c1-2-6-18-13(9-4-3-5-10(15)7-9)11-8-12(16)19-14(11)17/h3-5,7-8,13,18H,2,6H2,1H3. The van der Waals surface area contributed by atoms with Crippen molar-refractivity contribution in [1.29, 1.82) is 0 Å². The van der Waals surface area contributed by atoms with Gasteiger partial charge in [-0.05, 0) is 74.2 Å². The highest BCUT2D eigenvalue weighted by Gasteiger charge is 2.18. The number of halogens is 3. The van der Waals surface area contributed by atoms with Crippen molar-refractivity contribution in [2.75, 3.05) is 6.54 Å². The molecule has 2 rings (SSSR count). The minimum Gasteiger partial charge on any atom is -0.306 e. The van der Waals surface area contributed by atoms with Crippen LogP contribution < -0.4 is 5.32 Å². The molecule has 0 saturated heterocycles. The Bertz CT molecular complexity index is 553. The monoisotopic (exact) mass is 465 g/mol. The zero-order valence-corrected chi connectivity index (χ0v) is 16.0. The van der Waals surface area contributed by atoms with Gasteiger partial charge in [0.25, 0.3) is 0 Å². The fraction of sp³-hybridized carbons (Fsp3) is 0.286. The van der Waals surface area contributed by atoms with E-state index < -0.39 is 0 Å². The number of nitrogens with one attached hydrogen (secondary N) is 1. The Labute approximate surface area is 143 Å². The third-order valence-electron chi connectivity index (χ3n) is 2.77. The van der Waals surface area contributed by atoms with Crippen LogP contribution in [0.25, 0.3) is 0 Å². The van der Waals surface area contributed by atoms with Crippen LogP contribution in [0.15, 0.2) is 42.4 Å². The van der Waals surface area contributed by atoms with Crippen LogP contribution in [0.2, 0.25) is 0 Å². The van der Waals surface area contributed by atoms with E-state index >= 15 is 0 Å². The maximum atomic E-state index is 3.66. The molecule has 1 aromatic carbocycles. The van der Waals surface area contributed by atoms with Gasteiger partial charge in [0.05, 0.1) is 13.6 Å². The van der Waals surface area contributed by atoms with E-state index in [0.717, 1.165) is 21.2 Å². The topological polar surface area (TPSA) is 12.0 Å². The fourth-order valence-corrected chi connectivity index (χ4v) is 5.25. The quantitative estimate of drug-likeness (QED) is 0.558. The molecule has 0 amide bonds. The molecule has 0 aliphatic rings. The predicted molar refractivity (Wildman–Crippen MR) is 94.0 cm³/mol. The molecule has 2 aromatic rings. The van der Waals surface area contributed by atoms with Crippen LogP contribution in [0.5, 0.6) is 0 Å². The first kappa shape index (κ1) is 15.7. The van der Waals surface area contributed by atoms with Gasteiger partial charge in [-0.1, -0.05) is 35.0 Å². The lowest BCUT2D eigenvalue weighted by Crippen LogP contribution is -2.23. The highest BCUT2D eigenvalue weighted by Crippen LogP contribution is 2.38. The summed E-state index contributed by atoms with van der Waals surface area (Å²) in [6, 6.07) is 10.9. The summed E-state index contributed by atoms with van der Waals surface area (Å²) in [4.78, 5) is 0. The van der Waals surface area contributed by atoms with Gasteiger partial charge < -0.3 is 5.32 Å². The van der Waals surface area contributed by atoms with Crippen molar-refractivity contribution in [3.63, 3.8) is 0 Å². The van der Waals surface area contributed by atoms with E-state index in [1.165, 1.54) is 14.9 Å². The Kier molecular flexibility index (Phi) is 6.09. The number of benzene rings is 1. The molecule has 1 atom stereocenters. The number of thiophene rings is 1. The third kappa shape index (κ3) is 4.14. The minimum absolute atomic E-state index is 0.217. The molecule has 19 heavy (non-hydrogen) atoms. The third-order valence-corrected chi connectivity index (χ3v) is 5.65. The van der Waals surface area contributed by atoms with Gasteiger partial charge in [-0.25, -0.2) is 0 Å². The van der Waals surface area contributed by atoms with Crippen molar-refractivity contribution in [2.45, 2.75) is 19.4 Å². The maximum absolute atomic E-state index is 3.66. The molecule has 0 fully saturated rings. The predicted octanol–water partition coefficient (Wildman–Crippen LogP) is 6.12. The smallest absolute Gasteiger partial charge is 0.0761 e. The summed E-state index contributed by atoms with van der Waals surface area (Å²) in [6.45, 7) is 3.18. The summed E-state index contributed by atoms with van der Waals surface area (Å²) in [6.07, 6.45) is 1.12. The SMILES string of the molecule is CCCNC(c1cccc(Br)c1)c1cc(Br)sc1Br. The number of hydrogen-bond acceptors (Lipinski definition) is 2. The van der Waals surface area contributed by atoms with Crippen LogP contribution in [0.3, 0.4) is 0 Å². The molecule has 0 aliphatic heterocycles. The average Bonchev–Trinajstić information content (AvgIpc) is 2.69. The Hall–Kier alpha value is 0.320. The van der Waals surface area contributed by atoms with E-state index in [2.05, 4.69) is 90.4 Å². The lowest BCUT2D eigenvalue weighted by molar-refractivity contribution is 0.598. The molecule has 5 heteroatoms. The Morgan fingerprint density at radius 3 is 2.58 bits per heavy atom. The van der Waals surface area contributed by atoms with Crippen LogP contribution in [0, 0.1) is 0 Å². The summed E-state index contributed by atoms with van der Waals surface area (Å²) in [7, 11) is 0. The van der Waals surface area contributed by atoms with E-state index in [-0.39, 0.29) is 6.04 Å². The van der Waals surface area contributed by atoms with Gasteiger partial charge in [-0.3, -0.25) is 0 Å². The van der Waals surface area contributed by atoms with Crippen molar-refractivity contribution in [1.82, 2.24) is 5.32 Å². The first-order valence-corrected chi connectivity index (χ1v) is 9.25. The van der Waals surface area contributed by atoms with Gasteiger partial charge in [0.15, 0.2) is 0 Å². The molecule has 1 aromatic heterocycles. The van der Waals surface area contributed by atoms with Crippen LogP contribution in [0.4, 0.5) is 0 Å². The van der Waals surface area contributed by atoms with Crippen molar-refractivity contribution in [3.05, 3.63) is 53.5 Å². The highest BCUT2D eigenvalue weighted by atomic mass is 79.9. The molecule has 0 radical (unpaired) electrons. The van der Waals surface area contributed by atoms with Crippen molar-refractivity contribution in [2.24, 2.45) is 0 Å². The summed E-state index contributed by atoms with van der Waals surface area (Å²) >= 11 is 12.5. The van der Waals surface area contributed by atoms with E-state index in [1.807, 2.05) is 0 Å². The van der Waals surface area contributed by atoms with Crippen LogP contribution in [0.1, 0.15) is 30.5 Å². The molecule has 1 heterocycles. The van der Waals surface area contributed by atoms with E-state index in [1.54, 1.807) is 11.3 Å². The Morgan fingerprint density at radius 1 is 1.21 bits per heavy atom. The molecule has 0 spiro atoms. The van der Waals surface area contributed by atoms with Gasteiger partial charge in [0, 0.05) is 4.47 Å². The second kappa shape index (κ2) is 7.36. The summed E-state index contributed by atoms with van der Waals surface area (Å²) < 4.78 is 3.43. The summed E-state index contributed by atoms with van der Waals surface area (Å²) in [5.74, 6) is 0. The van der Waals surface area contributed by atoms with Gasteiger partial charge in [0.1, 0.15) is 0 Å². The lowest BCUT2D eigenvalue weighted by atomic mass is 10.0. The number of hydrogen-bond donors (Lipinski definition) is 1. The second-order valence-corrected chi connectivity index (χ2v) is 8.89. The zero-order valence-electron chi connectivity index (χ0n) is 10.4. The molecule has 0 saturated carbocycles. The maximum Gasteiger partial charge on any atom is 0.0761 e. The highest BCUT2D eigenvalue weighted by molar-refractivity contribution is 9.12. The van der Waals surface area contributed by atoms with Crippen LogP contribution in [-0.2, 0) is 0 Å². The van der Waals surface area contributed by atoms with Crippen LogP contribution >= 0.6 is 59.1 Å². The zero-order chi connectivity index (χ0) is 13.8. The van der Waals surface area contributed by atoms with E-state index in [4.69, 9.17) is 0 Å². The normalized spacial score (nSPS) is 12.6. The lowest BCUT2D eigenvalue weighted by Gasteiger charge is -2.19. The second-order valence-electron chi connectivity index (χ2n) is 4.22. The summed E-state index contributed by atoms with van der Waals surface area (Å²) in [5.41, 5.74) is 2.55. The van der Waals surface area contributed by atoms with Crippen molar-refractivity contribution < 1.29 is 0 Å². The van der Waals surface area contributed by atoms with E-state index in [9.17, 15) is 0 Å². The molecule has 0 bridgehead atoms. The largest absolute Gasteiger partial charge is 0.306 e.